The van der Waals surface area contributed by atoms with E-state index >= 15 is 0 Å². The molecule has 0 aliphatic carbocycles. The van der Waals surface area contributed by atoms with Crippen LogP contribution in [-0.4, -0.2) is 18.2 Å². The van der Waals surface area contributed by atoms with Crippen molar-refractivity contribution in [1.82, 2.24) is 0 Å². The molecule has 0 aliphatic rings. The van der Waals surface area contributed by atoms with Crippen LogP contribution >= 0.6 is 0 Å². The molecule has 120 valence electrons. The van der Waals surface area contributed by atoms with Crippen LogP contribution in [0.4, 0.5) is 20.2 Å². The van der Waals surface area contributed by atoms with Crippen molar-refractivity contribution < 1.29 is 18.4 Å². The Morgan fingerprint density at radius 1 is 1.04 bits per heavy atom. The van der Waals surface area contributed by atoms with Crippen LogP contribution < -0.4 is 10.6 Å². The molecule has 0 saturated heterocycles. The maximum atomic E-state index is 13.4. The number of amides is 1. The number of Topliss-reactive ketones (excluding diaryl/α,β-unsaturated/α-hetero) is 1. The molecule has 0 aromatic heterocycles. The number of para-hydroxylation sites is 1. The molecule has 23 heavy (non-hydrogen) atoms. The van der Waals surface area contributed by atoms with Gasteiger partial charge in [0.2, 0.25) is 5.91 Å². The van der Waals surface area contributed by atoms with Gasteiger partial charge in [0.25, 0.3) is 0 Å². The number of halogens is 2. The third-order valence-corrected chi connectivity index (χ3v) is 3.17. The van der Waals surface area contributed by atoms with Crippen molar-refractivity contribution in [2.24, 2.45) is 0 Å². The molecule has 1 amide bonds. The Labute approximate surface area is 132 Å². The van der Waals surface area contributed by atoms with E-state index in [0.29, 0.717) is 11.3 Å². The van der Waals surface area contributed by atoms with Crippen molar-refractivity contribution in [2.75, 3.05) is 17.2 Å². The van der Waals surface area contributed by atoms with E-state index in [0.717, 1.165) is 12.1 Å². The topological polar surface area (TPSA) is 58.2 Å². The summed E-state index contributed by atoms with van der Waals surface area (Å²) in [7, 11) is 0. The lowest BCUT2D eigenvalue weighted by Crippen LogP contribution is -2.17. The monoisotopic (exact) mass is 318 g/mol. The third-order valence-electron chi connectivity index (χ3n) is 3.17. The zero-order chi connectivity index (χ0) is 16.8. The van der Waals surface area contributed by atoms with E-state index in [1.807, 2.05) is 0 Å². The molecule has 0 unspecified atom stereocenters. The van der Waals surface area contributed by atoms with Crippen molar-refractivity contribution in [3.8, 4) is 0 Å². The van der Waals surface area contributed by atoms with E-state index in [4.69, 9.17) is 0 Å². The molecule has 0 spiro atoms. The van der Waals surface area contributed by atoms with Gasteiger partial charge >= 0.3 is 0 Å². The number of anilines is 2. The van der Waals surface area contributed by atoms with Crippen LogP contribution in [-0.2, 0) is 4.79 Å². The first kappa shape index (κ1) is 16.6. The largest absolute Gasteiger partial charge is 0.380 e. The molecule has 0 heterocycles. The van der Waals surface area contributed by atoms with Crippen molar-refractivity contribution in [3.05, 3.63) is 59.7 Å². The van der Waals surface area contributed by atoms with Crippen LogP contribution in [0.3, 0.4) is 0 Å². The Balaban J connectivity index is 1.88. The first-order valence-electron chi connectivity index (χ1n) is 7.06. The summed E-state index contributed by atoms with van der Waals surface area (Å²) >= 11 is 0. The van der Waals surface area contributed by atoms with Gasteiger partial charge in [0.05, 0.1) is 0 Å². The summed E-state index contributed by atoms with van der Waals surface area (Å²) in [5.74, 6) is -1.84. The zero-order valence-electron chi connectivity index (χ0n) is 12.5. The summed E-state index contributed by atoms with van der Waals surface area (Å²) in [5.41, 5.74) is 0.744. The predicted molar refractivity (Wildman–Crippen MR) is 84.5 cm³/mol. The molecule has 0 atom stereocenters. The molecule has 2 rings (SSSR count). The summed E-state index contributed by atoms with van der Waals surface area (Å²) in [6, 6.07) is 10.1. The van der Waals surface area contributed by atoms with Gasteiger partial charge in [-0.25, -0.2) is 8.78 Å². The number of carbonyl (C=O) groups excluding carboxylic acids is 2. The SMILES string of the molecule is CC(=O)c1cccc(NC(=O)CCNc2c(F)cccc2F)c1. The Bertz CT molecular complexity index is 712. The molecule has 2 aromatic carbocycles. The second kappa shape index (κ2) is 7.49. The molecule has 0 aliphatic heterocycles. The minimum absolute atomic E-state index is 0.0259. The summed E-state index contributed by atoms with van der Waals surface area (Å²) < 4.78 is 26.8. The van der Waals surface area contributed by atoms with Gasteiger partial charge in [0.1, 0.15) is 17.3 Å². The van der Waals surface area contributed by atoms with Crippen molar-refractivity contribution >= 4 is 23.1 Å². The predicted octanol–water partition coefficient (Wildman–Crippen LogP) is 3.61. The maximum absolute atomic E-state index is 13.4. The number of nitrogens with one attached hydrogen (secondary N) is 2. The highest BCUT2D eigenvalue weighted by atomic mass is 19.1. The summed E-state index contributed by atoms with van der Waals surface area (Å²) in [4.78, 5) is 23.1. The van der Waals surface area contributed by atoms with Crippen molar-refractivity contribution in [1.29, 1.82) is 0 Å². The first-order valence-corrected chi connectivity index (χ1v) is 7.06. The minimum Gasteiger partial charge on any atom is -0.380 e. The van der Waals surface area contributed by atoms with Crippen LogP contribution in [0, 0.1) is 11.6 Å². The van der Waals surface area contributed by atoms with E-state index in [1.165, 1.54) is 13.0 Å². The second-order valence-electron chi connectivity index (χ2n) is 4.96. The maximum Gasteiger partial charge on any atom is 0.226 e. The Morgan fingerprint density at radius 2 is 1.70 bits per heavy atom. The Morgan fingerprint density at radius 3 is 2.35 bits per heavy atom. The molecule has 2 aromatic rings. The smallest absolute Gasteiger partial charge is 0.226 e. The fourth-order valence-corrected chi connectivity index (χ4v) is 2.01. The normalized spacial score (nSPS) is 10.2. The van der Waals surface area contributed by atoms with Gasteiger partial charge in [-0.1, -0.05) is 18.2 Å². The van der Waals surface area contributed by atoms with Gasteiger partial charge in [-0.15, -0.1) is 0 Å². The minimum atomic E-state index is -0.709. The lowest BCUT2D eigenvalue weighted by molar-refractivity contribution is -0.115. The molecular weight excluding hydrogens is 302 g/mol. The summed E-state index contributed by atoms with van der Waals surface area (Å²) in [6.07, 6.45) is 0.0259. The van der Waals surface area contributed by atoms with E-state index in [-0.39, 0.29) is 30.3 Å². The summed E-state index contributed by atoms with van der Waals surface area (Å²) in [6.45, 7) is 1.52. The van der Waals surface area contributed by atoms with Gasteiger partial charge in [0.15, 0.2) is 5.78 Å². The average molecular weight is 318 g/mol. The van der Waals surface area contributed by atoms with Crippen LogP contribution in [0.25, 0.3) is 0 Å². The van der Waals surface area contributed by atoms with Crippen molar-refractivity contribution in [3.63, 3.8) is 0 Å². The lowest BCUT2D eigenvalue weighted by atomic mass is 10.1. The fraction of sp³-hybridized carbons (Fsp3) is 0.176. The number of hydrogen-bond acceptors (Lipinski definition) is 3. The van der Waals surface area contributed by atoms with E-state index in [9.17, 15) is 18.4 Å². The van der Waals surface area contributed by atoms with Crippen LogP contribution in [0.1, 0.15) is 23.7 Å². The van der Waals surface area contributed by atoms with E-state index in [1.54, 1.807) is 24.3 Å². The van der Waals surface area contributed by atoms with Gasteiger partial charge in [-0.2, -0.15) is 0 Å². The highest BCUT2D eigenvalue weighted by Gasteiger charge is 2.09. The second-order valence-corrected chi connectivity index (χ2v) is 4.96. The van der Waals surface area contributed by atoms with Gasteiger partial charge in [0, 0.05) is 24.2 Å². The Hall–Kier alpha value is -2.76. The molecular formula is C17H16F2N2O2. The van der Waals surface area contributed by atoms with Gasteiger partial charge < -0.3 is 10.6 Å². The Kier molecular flexibility index (Phi) is 5.41. The highest BCUT2D eigenvalue weighted by molar-refractivity contribution is 5.97. The standard InChI is InChI=1S/C17H16F2N2O2/c1-11(22)12-4-2-5-13(10-12)21-16(23)8-9-20-17-14(18)6-3-7-15(17)19/h2-7,10,20H,8-9H2,1H3,(H,21,23). The molecule has 0 saturated carbocycles. The zero-order valence-corrected chi connectivity index (χ0v) is 12.5. The lowest BCUT2D eigenvalue weighted by Gasteiger charge is -2.09. The quantitative estimate of drug-likeness (QED) is 0.800. The third kappa shape index (κ3) is 4.60. The number of benzene rings is 2. The van der Waals surface area contributed by atoms with E-state index in [2.05, 4.69) is 10.6 Å². The van der Waals surface area contributed by atoms with Crippen LogP contribution in [0.5, 0.6) is 0 Å². The molecule has 4 nitrogen and oxygen atoms in total. The van der Waals surface area contributed by atoms with Crippen LogP contribution in [0.2, 0.25) is 0 Å². The fourth-order valence-electron chi connectivity index (χ4n) is 2.01. The van der Waals surface area contributed by atoms with Gasteiger partial charge in [-0.05, 0) is 31.2 Å². The number of hydrogen-bond donors (Lipinski definition) is 2. The van der Waals surface area contributed by atoms with Crippen LogP contribution in [0.15, 0.2) is 42.5 Å². The number of carbonyl (C=O) groups is 2. The highest BCUT2D eigenvalue weighted by Crippen LogP contribution is 2.18. The van der Waals surface area contributed by atoms with Gasteiger partial charge in [-0.3, -0.25) is 9.59 Å². The number of ketones is 1. The molecule has 0 bridgehead atoms. The van der Waals surface area contributed by atoms with E-state index < -0.39 is 11.6 Å². The number of rotatable bonds is 6. The first-order chi connectivity index (χ1) is 11.0. The van der Waals surface area contributed by atoms with Crippen molar-refractivity contribution in [2.45, 2.75) is 13.3 Å². The molecule has 2 N–H and O–H groups in total. The average Bonchev–Trinajstić information content (AvgIpc) is 2.50. The summed E-state index contributed by atoms with van der Waals surface area (Å²) in [5, 5.41) is 5.20. The molecule has 0 fully saturated rings. The molecule has 0 radical (unpaired) electrons. The molecule has 6 heteroatoms.